The molecule has 10 N–H and O–H groups in total. The molecule has 1 fully saturated rings. The second kappa shape index (κ2) is 34.9. The summed E-state index contributed by atoms with van der Waals surface area (Å²) in [4.78, 5) is 44.6. The van der Waals surface area contributed by atoms with Crippen LogP contribution in [0.2, 0.25) is 0 Å². The number of nitrogens with zero attached hydrogens (tertiary/aromatic N) is 3. The fourth-order valence-corrected chi connectivity index (χ4v) is 4.76. The van der Waals surface area contributed by atoms with Crippen molar-refractivity contribution in [1.82, 2.24) is 36.0 Å². The summed E-state index contributed by atoms with van der Waals surface area (Å²) >= 11 is 0. The van der Waals surface area contributed by atoms with Crippen molar-refractivity contribution in [3.8, 4) is 0 Å². The van der Waals surface area contributed by atoms with E-state index in [1.54, 1.807) is 0 Å². The number of carbonyl (C=O) groups is 3. The molecule has 0 aromatic carbocycles. The van der Waals surface area contributed by atoms with Gasteiger partial charge in [0.2, 0.25) is 17.7 Å². The van der Waals surface area contributed by atoms with Crippen molar-refractivity contribution in [2.75, 3.05) is 191 Å². The van der Waals surface area contributed by atoms with E-state index < -0.39 is 0 Å². The lowest BCUT2D eigenvalue weighted by Gasteiger charge is -2.31. The number of hydrogen-bond acceptors (Lipinski definition) is 16. The molecule has 1 saturated heterocycles. The molecule has 0 saturated carbocycles. The molecule has 0 aromatic rings. The fraction of sp³-hybridized carbons (Fsp3) is 0.906. The van der Waals surface area contributed by atoms with Crippen LogP contribution in [0, 0.1) is 0 Å². The Kier molecular flexibility index (Phi) is 32.1. The van der Waals surface area contributed by atoms with E-state index in [1.807, 2.05) is 0 Å². The van der Waals surface area contributed by atoms with Gasteiger partial charge in [-0.05, 0) is 0 Å². The first-order chi connectivity index (χ1) is 25.0. The molecule has 0 spiro atoms. The molecule has 51 heavy (non-hydrogen) atoms. The van der Waals surface area contributed by atoms with Gasteiger partial charge in [0.05, 0.1) is 98.9 Å². The zero-order valence-corrected chi connectivity index (χ0v) is 30.8. The SMILES string of the molecule is NCCOCCOCCNC(=O)CN1CCNCCN(CC(=O)NCCOCCOCCN)CCN(CC(=O)NCCOCCOCCN)CC1. The molecule has 0 radical (unpaired) electrons. The minimum Gasteiger partial charge on any atom is -0.378 e. The van der Waals surface area contributed by atoms with Crippen LogP contribution in [-0.4, -0.2) is 223 Å². The average molecular weight is 737 g/mol. The summed E-state index contributed by atoms with van der Waals surface area (Å²) in [5, 5.41) is 12.2. The molecule has 0 unspecified atom stereocenters. The van der Waals surface area contributed by atoms with E-state index in [0.717, 1.165) is 0 Å². The molecule has 0 aromatic heterocycles. The summed E-state index contributed by atoms with van der Waals surface area (Å²) in [5.74, 6) is -0.308. The highest BCUT2D eigenvalue weighted by atomic mass is 16.5. The molecular formula is C32H68N10O9. The molecule has 300 valence electrons. The van der Waals surface area contributed by atoms with Crippen molar-refractivity contribution in [2.24, 2.45) is 17.2 Å². The Morgan fingerprint density at radius 3 is 1.00 bits per heavy atom. The molecule has 19 heteroatoms. The number of rotatable bonds is 30. The van der Waals surface area contributed by atoms with Crippen LogP contribution >= 0.6 is 0 Å². The number of nitrogens with one attached hydrogen (secondary N) is 4. The summed E-state index contributed by atoms with van der Waals surface area (Å²) in [6.07, 6.45) is 0. The Bertz CT molecular complexity index is 805. The van der Waals surface area contributed by atoms with E-state index >= 15 is 0 Å². The van der Waals surface area contributed by atoms with E-state index in [2.05, 4.69) is 36.0 Å². The van der Waals surface area contributed by atoms with Gasteiger partial charge in [-0.3, -0.25) is 29.1 Å². The maximum Gasteiger partial charge on any atom is 0.234 e. The zero-order valence-electron chi connectivity index (χ0n) is 30.8. The zero-order chi connectivity index (χ0) is 37.0. The number of hydrogen-bond donors (Lipinski definition) is 7. The Balaban J connectivity index is 2.61. The molecule has 1 rings (SSSR count). The fourth-order valence-electron chi connectivity index (χ4n) is 4.76. The third kappa shape index (κ3) is 30.1. The lowest BCUT2D eigenvalue weighted by molar-refractivity contribution is -0.124. The van der Waals surface area contributed by atoms with Gasteiger partial charge in [-0.2, -0.15) is 0 Å². The first kappa shape index (κ1) is 46.9. The van der Waals surface area contributed by atoms with Gasteiger partial charge in [0, 0.05) is 91.6 Å². The highest BCUT2D eigenvalue weighted by molar-refractivity contribution is 5.78. The van der Waals surface area contributed by atoms with Crippen LogP contribution in [0.3, 0.4) is 0 Å². The Morgan fingerprint density at radius 1 is 0.431 bits per heavy atom. The van der Waals surface area contributed by atoms with E-state index in [9.17, 15) is 14.4 Å². The summed E-state index contributed by atoms with van der Waals surface area (Å²) in [5.41, 5.74) is 16.2. The lowest BCUT2D eigenvalue weighted by Crippen LogP contribution is -2.50. The van der Waals surface area contributed by atoms with Crippen LogP contribution in [0.15, 0.2) is 0 Å². The molecule has 1 heterocycles. The number of carbonyl (C=O) groups excluding carboxylic acids is 3. The smallest absolute Gasteiger partial charge is 0.234 e. The topological polar surface area (TPSA) is 242 Å². The van der Waals surface area contributed by atoms with Crippen molar-refractivity contribution < 1.29 is 42.8 Å². The van der Waals surface area contributed by atoms with Gasteiger partial charge in [-0.15, -0.1) is 0 Å². The Morgan fingerprint density at radius 2 is 0.706 bits per heavy atom. The molecule has 1 aliphatic heterocycles. The van der Waals surface area contributed by atoms with E-state index in [1.165, 1.54) is 0 Å². The summed E-state index contributed by atoms with van der Waals surface area (Å²) in [7, 11) is 0. The monoisotopic (exact) mass is 737 g/mol. The van der Waals surface area contributed by atoms with Gasteiger partial charge in [0.1, 0.15) is 0 Å². The van der Waals surface area contributed by atoms with Crippen molar-refractivity contribution in [3.05, 3.63) is 0 Å². The minimum absolute atomic E-state index is 0.0923. The predicted octanol–water partition coefficient (Wildman–Crippen LogP) is -5.18. The van der Waals surface area contributed by atoms with Crippen molar-refractivity contribution >= 4 is 17.7 Å². The van der Waals surface area contributed by atoms with Crippen LogP contribution < -0.4 is 38.5 Å². The molecule has 19 nitrogen and oxygen atoms in total. The van der Waals surface area contributed by atoms with E-state index in [4.69, 9.17) is 45.6 Å². The van der Waals surface area contributed by atoms with Gasteiger partial charge in [0.15, 0.2) is 0 Å². The van der Waals surface area contributed by atoms with E-state index in [0.29, 0.717) is 171 Å². The van der Waals surface area contributed by atoms with Crippen LogP contribution in [0.4, 0.5) is 0 Å². The van der Waals surface area contributed by atoms with Gasteiger partial charge in [-0.1, -0.05) is 0 Å². The van der Waals surface area contributed by atoms with E-state index in [-0.39, 0.29) is 37.4 Å². The predicted molar refractivity (Wildman–Crippen MR) is 193 cm³/mol. The Labute approximate surface area is 304 Å². The highest BCUT2D eigenvalue weighted by Crippen LogP contribution is 1.98. The second-order valence-corrected chi connectivity index (χ2v) is 11.7. The lowest BCUT2D eigenvalue weighted by atomic mass is 10.3. The van der Waals surface area contributed by atoms with Gasteiger partial charge >= 0.3 is 0 Å². The number of ether oxygens (including phenoxy) is 6. The number of amides is 3. The standard InChI is InChI=1S/C32H68N10O9/c33-1-15-46-21-24-49-18-6-37-30(43)27-40-9-4-36-5-10-41(28-31(44)38-7-19-50-25-22-47-16-2-34)12-14-42(13-11-40)29-32(45)39-8-20-51-26-23-48-17-3-35/h36H,1-29,33-35H2,(H,37,43)(H,38,44)(H,39,45). The van der Waals surface area contributed by atoms with Crippen LogP contribution in [0.1, 0.15) is 0 Å². The summed E-state index contributed by atoms with van der Waals surface area (Å²) in [6.45, 7) is 13.5. The molecule has 0 bridgehead atoms. The third-order valence-electron chi connectivity index (χ3n) is 7.38. The molecule has 1 aliphatic rings. The van der Waals surface area contributed by atoms with Gasteiger partial charge in [-0.25, -0.2) is 0 Å². The van der Waals surface area contributed by atoms with Crippen molar-refractivity contribution in [1.29, 1.82) is 0 Å². The van der Waals surface area contributed by atoms with Crippen molar-refractivity contribution in [3.63, 3.8) is 0 Å². The maximum absolute atomic E-state index is 12.9. The molecule has 0 aliphatic carbocycles. The first-order valence-corrected chi connectivity index (χ1v) is 18.2. The van der Waals surface area contributed by atoms with Gasteiger partial charge in [0.25, 0.3) is 0 Å². The quantitative estimate of drug-likeness (QED) is 0.0341. The first-order valence-electron chi connectivity index (χ1n) is 18.2. The Hall–Kier alpha value is -2.11. The number of nitrogens with two attached hydrogens (primary N) is 3. The summed E-state index contributed by atoms with van der Waals surface area (Å²) < 4.78 is 32.4. The third-order valence-corrected chi connectivity index (χ3v) is 7.38. The molecular weight excluding hydrogens is 668 g/mol. The highest BCUT2D eigenvalue weighted by Gasteiger charge is 2.18. The largest absolute Gasteiger partial charge is 0.378 e. The van der Waals surface area contributed by atoms with Crippen LogP contribution in [0.25, 0.3) is 0 Å². The molecule has 3 amide bonds. The van der Waals surface area contributed by atoms with Crippen LogP contribution in [-0.2, 0) is 42.8 Å². The van der Waals surface area contributed by atoms with Gasteiger partial charge < -0.3 is 66.9 Å². The normalized spacial score (nSPS) is 15.6. The molecule has 0 atom stereocenters. The maximum atomic E-state index is 12.9. The minimum atomic E-state index is -0.123. The average Bonchev–Trinajstić information content (AvgIpc) is 3.11. The summed E-state index contributed by atoms with van der Waals surface area (Å²) in [6, 6.07) is 0. The second-order valence-electron chi connectivity index (χ2n) is 11.7. The van der Waals surface area contributed by atoms with Crippen molar-refractivity contribution in [2.45, 2.75) is 0 Å². The van der Waals surface area contributed by atoms with Crippen LogP contribution in [0.5, 0.6) is 0 Å².